The molecule has 0 radical (unpaired) electrons. The molecule has 0 N–H and O–H groups in total. The van der Waals surface area contributed by atoms with Crippen molar-refractivity contribution in [3.8, 4) is 11.8 Å². The first-order valence-electron chi connectivity index (χ1n) is 10.0. The number of hydrogen-bond donors (Lipinski definition) is 0. The Hall–Kier alpha value is -0.700. The molecule has 0 aliphatic heterocycles. The molecule has 0 spiro atoms. The summed E-state index contributed by atoms with van der Waals surface area (Å²) in [5.41, 5.74) is 0. The Labute approximate surface area is 139 Å². The van der Waals surface area contributed by atoms with Crippen molar-refractivity contribution in [3.63, 3.8) is 0 Å². The molecule has 0 nitrogen and oxygen atoms in total. The maximum Gasteiger partial charge on any atom is 0.0383 e. The summed E-state index contributed by atoms with van der Waals surface area (Å²) in [6.07, 6.45) is 21.4. The molecule has 1 fully saturated rings. The van der Waals surface area contributed by atoms with E-state index in [1.165, 1.54) is 77.0 Å². The van der Waals surface area contributed by atoms with Gasteiger partial charge in [0.1, 0.15) is 0 Å². The van der Waals surface area contributed by atoms with Crippen LogP contribution in [0.3, 0.4) is 0 Å². The van der Waals surface area contributed by atoms with Crippen molar-refractivity contribution in [2.75, 3.05) is 0 Å². The molecule has 124 valence electrons. The SMILES string of the molecule is CCCCCC1CCC(C#CC2C=CC(CCC)CC2)CC1. The summed E-state index contributed by atoms with van der Waals surface area (Å²) < 4.78 is 0. The van der Waals surface area contributed by atoms with Gasteiger partial charge in [0.15, 0.2) is 0 Å². The summed E-state index contributed by atoms with van der Waals surface area (Å²) in [7, 11) is 0. The van der Waals surface area contributed by atoms with Gasteiger partial charge in [0, 0.05) is 11.8 Å². The first-order valence-corrected chi connectivity index (χ1v) is 10.0. The average Bonchev–Trinajstić information content (AvgIpc) is 2.56. The average molecular weight is 301 g/mol. The zero-order valence-electron chi connectivity index (χ0n) is 14.9. The van der Waals surface area contributed by atoms with Crippen LogP contribution in [0.4, 0.5) is 0 Å². The molecule has 1 saturated carbocycles. The quantitative estimate of drug-likeness (QED) is 0.289. The van der Waals surface area contributed by atoms with Gasteiger partial charge in [-0.2, -0.15) is 0 Å². The Bertz CT molecular complexity index is 373. The number of unbranched alkanes of at least 4 members (excludes halogenated alkanes) is 2. The van der Waals surface area contributed by atoms with E-state index in [-0.39, 0.29) is 0 Å². The molecule has 0 aromatic carbocycles. The molecule has 0 amide bonds. The van der Waals surface area contributed by atoms with E-state index < -0.39 is 0 Å². The van der Waals surface area contributed by atoms with Crippen molar-refractivity contribution in [1.29, 1.82) is 0 Å². The van der Waals surface area contributed by atoms with Crippen molar-refractivity contribution in [1.82, 2.24) is 0 Å². The van der Waals surface area contributed by atoms with Crippen LogP contribution in [0.1, 0.15) is 90.9 Å². The first kappa shape index (κ1) is 17.7. The van der Waals surface area contributed by atoms with Crippen LogP contribution in [0.5, 0.6) is 0 Å². The third kappa shape index (κ3) is 6.20. The first-order chi connectivity index (χ1) is 10.8. The minimum absolute atomic E-state index is 0.551. The zero-order valence-corrected chi connectivity index (χ0v) is 14.9. The van der Waals surface area contributed by atoms with Gasteiger partial charge in [0.05, 0.1) is 0 Å². The smallest absolute Gasteiger partial charge is 0.0383 e. The van der Waals surface area contributed by atoms with Gasteiger partial charge in [-0.1, -0.05) is 69.9 Å². The maximum absolute atomic E-state index is 3.62. The Kier molecular flexibility index (Phi) is 8.14. The second-order valence-corrected chi connectivity index (χ2v) is 7.62. The molecule has 2 unspecified atom stereocenters. The highest BCUT2D eigenvalue weighted by atomic mass is 14.2. The van der Waals surface area contributed by atoms with Crippen molar-refractivity contribution >= 4 is 0 Å². The Balaban J connectivity index is 1.67. The van der Waals surface area contributed by atoms with Gasteiger partial charge in [-0.15, -0.1) is 0 Å². The van der Waals surface area contributed by atoms with E-state index in [9.17, 15) is 0 Å². The highest BCUT2D eigenvalue weighted by Gasteiger charge is 2.19. The molecule has 2 rings (SSSR count). The largest absolute Gasteiger partial charge is 0.0993 e. The second-order valence-electron chi connectivity index (χ2n) is 7.62. The predicted molar refractivity (Wildman–Crippen MR) is 97.6 cm³/mol. The Morgan fingerprint density at radius 3 is 2.23 bits per heavy atom. The number of hydrogen-bond acceptors (Lipinski definition) is 0. The van der Waals surface area contributed by atoms with Gasteiger partial charge in [-0.3, -0.25) is 0 Å². The van der Waals surface area contributed by atoms with Crippen molar-refractivity contribution in [2.24, 2.45) is 23.7 Å². The number of allylic oxidation sites excluding steroid dienone is 2. The van der Waals surface area contributed by atoms with Crippen LogP contribution in [0.15, 0.2) is 12.2 Å². The van der Waals surface area contributed by atoms with Crippen LogP contribution in [0, 0.1) is 35.5 Å². The van der Waals surface area contributed by atoms with Gasteiger partial charge in [0.25, 0.3) is 0 Å². The molecular weight excluding hydrogens is 264 g/mol. The van der Waals surface area contributed by atoms with Gasteiger partial charge < -0.3 is 0 Å². The predicted octanol–water partition coefficient (Wildman–Crippen LogP) is 6.76. The van der Waals surface area contributed by atoms with E-state index in [0.29, 0.717) is 11.8 Å². The highest BCUT2D eigenvalue weighted by molar-refractivity contribution is 5.16. The van der Waals surface area contributed by atoms with E-state index in [1.54, 1.807) is 0 Å². The molecule has 0 aromatic heterocycles. The summed E-state index contributed by atoms with van der Waals surface area (Å²) in [6, 6.07) is 0. The van der Waals surface area contributed by atoms with Gasteiger partial charge in [-0.05, 0) is 56.8 Å². The molecule has 0 heteroatoms. The Morgan fingerprint density at radius 1 is 0.773 bits per heavy atom. The molecular formula is C22H36. The molecule has 2 aliphatic carbocycles. The van der Waals surface area contributed by atoms with E-state index in [2.05, 4.69) is 37.8 Å². The summed E-state index contributed by atoms with van der Waals surface area (Å²) in [6.45, 7) is 4.59. The van der Waals surface area contributed by atoms with Crippen LogP contribution in [0.2, 0.25) is 0 Å². The fourth-order valence-corrected chi connectivity index (χ4v) is 4.11. The normalized spacial score (nSPS) is 31.5. The molecule has 0 bridgehead atoms. The van der Waals surface area contributed by atoms with Crippen LogP contribution in [-0.2, 0) is 0 Å². The minimum Gasteiger partial charge on any atom is -0.0993 e. The zero-order chi connectivity index (χ0) is 15.6. The highest BCUT2D eigenvalue weighted by Crippen LogP contribution is 2.32. The van der Waals surface area contributed by atoms with Gasteiger partial charge >= 0.3 is 0 Å². The van der Waals surface area contributed by atoms with Crippen molar-refractivity contribution in [2.45, 2.75) is 90.9 Å². The van der Waals surface area contributed by atoms with Crippen molar-refractivity contribution in [3.05, 3.63) is 12.2 Å². The van der Waals surface area contributed by atoms with E-state index in [4.69, 9.17) is 0 Å². The molecule has 0 heterocycles. The molecule has 0 aromatic rings. The van der Waals surface area contributed by atoms with Crippen LogP contribution >= 0.6 is 0 Å². The molecule has 2 aliphatic rings. The van der Waals surface area contributed by atoms with E-state index >= 15 is 0 Å². The van der Waals surface area contributed by atoms with Gasteiger partial charge in [0.2, 0.25) is 0 Å². The minimum atomic E-state index is 0.551. The van der Waals surface area contributed by atoms with Crippen LogP contribution < -0.4 is 0 Å². The fourth-order valence-electron chi connectivity index (χ4n) is 4.11. The standard InChI is InChI=1S/C22H36/c1-3-5-6-8-20-11-15-22(16-12-20)18-17-21-13-9-19(7-4-2)10-14-21/h9,13,19-22H,3-8,10-12,14-16H2,1-2H3. The summed E-state index contributed by atoms with van der Waals surface area (Å²) in [4.78, 5) is 0. The lowest BCUT2D eigenvalue weighted by molar-refractivity contribution is 0.294. The van der Waals surface area contributed by atoms with Gasteiger partial charge in [-0.25, -0.2) is 0 Å². The molecule has 2 atom stereocenters. The third-order valence-corrected chi connectivity index (χ3v) is 5.66. The molecule has 0 saturated heterocycles. The lowest BCUT2D eigenvalue weighted by Gasteiger charge is -2.26. The van der Waals surface area contributed by atoms with E-state index in [0.717, 1.165) is 11.8 Å². The van der Waals surface area contributed by atoms with Crippen molar-refractivity contribution < 1.29 is 0 Å². The topological polar surface area (TPSA) is 0 Å². The van der Waals surface area contributed by atoms with Crippen LogP contribution in [0.25, 0.3) is 0 Å². The lowest BCUT2D eigenvalue weighted by Crippen LogP contribution is -2.14. The Morgan fingerprint density at radius 2 is 1.59 bits per heavy atom. The molecule has 22 heavy (non-hydrogen) atoms. The second kappa shape index (κ2) is 10.1. The monoisotopic (exact) mass is 300 g/mol. The summed E-state index contributed by atoms with van der Waals surface area (Å²) in [5, 5.41) is 0. The van der Waals surface area contributed by atoms with Crippen LogP contribution in [-0.4, -0.2) is 0 Å². The maximum atomic E-state index is 3.62. The summed E-state index contributed by atoms with van der Waals surface area (Å²) >= 11 is 0. The lowest BCUT2D eigenvalue weighted by atomic mass is 9.79. The van der Waals surface area contributed by atoms with E-state index in [1.807, 2.05) is 0 Å². The fraction of sp³-hybridized carbons (Fsp3) is 0.818. The number of rotatable bonds is 6. The third-order valence-electron chi connectivity index (χ3n) is 5.66. The summed E-state index contributed by atoms with van der Waals surface area (Å²) in [5.74, 6) is 10.3.